The molecule has 0 bridgehead atoms. The highest BCUT2D eigenvalue weighted by Crippen LogP contribution is 2.22. The maximum absolute atomic E-state index is 12.4. The van der Waals surface area contributed by atoms with Crippen LogP contribution in [0.25, 0.3) is 0 Å². The summed E-state index contributed by atoms with van der Waals surface area (Å²) in [7, 11) is 1.67. The molecule has 6 heteroatoms. The van der Waals surface area contributed by atoms with Gasteiger partial charge in [0.1, 0.15) is 5.75 Å². The Bertz CT molecular complexity index is 698. The van der Waals surface area contributed by atoms with Crippen molar-refractivity contribution in [3.63, 3.8) is 0 Å². The van der Waals surface area contributed by atoms with Gasteiger partial charge in [0.2, 0.25) is 0 Å². The standard InChI is InChI=1S/C18H20BrN3O2/c1-24-17-4-2-3-16(13-17)21-9-11-22(12-10-21)18(23)20-15-7-5-14(19)6-8-15/h2-8,13H,9-12H2,1H3,(H,20,23). The fourth-order valence-corrected chi connectivity index (χ4v) is 2.98. The van der Waals surface area contributed by atoms with Gasteiger partial charge >= 0.3 is 6.03 Å². The third kappa shape index (κ3) is 4.00. The lowest BCUT2D eigenvalue weighted by molar-refractivity contribution is 0.208. The number of anilines is 2. The zero-order valence-electron chi connectivity index (χ0n) is 13.5. The maximum atomic E-state index is 12.4. The highest BCUT2D eigenvalue weighted by molar-refractivity contribution is 9.10. The van der Waals surface area contributed by atoms with E-state index >= 15 is 0 Å². The van der Waals surface area contributed by atoms with Crippen LogP contribution in [0.2, 0.25) is 0 Å². The van der Waals surface area contributed by atoms with Crippen LogP contribution in [-0.2, 0) is 0 Å². The number of rotatable bonds is 3. The first-order chi connectivity index (χ1) is 11.7. The number of hydrogen-bond donors (Lipinski definition) is 1. The number of benzene rings is 2. The van der Waals surface area contributed by atoms with Crippen molar-refractivity contribution >= 4 is 33.3 Å². The Morgan fingerprint density at radius 2 is 1.79 bits per heavy atom. The predicted octanol–water partition coefficient (Wildman–Crippen LogP) is 3.81. The second kappa shape index (κ2) is 7.57. The zero-order valence-corrected chi connectivity index (χ0v) is 15.1. The summed E-state index contributed by atoms with van der Waals surface area (Å²) >= 11 is 3.39. The average Bonchev–Trinajstić information content (AvgIpc) is 2.64. The van der Waals surface area contributed by atoms with Crippen molar-refractivity contribution in [1.29, 1.82) is 0 Å². The van der Waals surface area contributed by atoms with Crippen LogP contribution in [0.4, 0.5) is 16.2 Å². The van der Waals surface area contributed by atoms with E-state index in [4.69, 9.17) is 4.74 Å². The molecule has 3 rings (SSSR count). The second-order valence-electron chi connectivity index (χ2n) is 5.61. The van der Waals surface area contributed by atoms with Crippen molar-refractivity contribution in [2.24, 2.45) is 0 Å². The first-order valence-electron chi connectivity index (χ1n) is 7.86. The number of amides is 2. The number of hydrogen-bond acceptors (Lipinski definition) is 3. The molecule has 1 aliphatic rings. The van der Waals surface area contributed by atoms with Gasteiger partial charge in [-0.05, 0) is 36.4 Å². The Hall–Kier alpha value is -2.21. The maximum Gasteiger partial charge on any atom is 0.321 e. The number of carbonyl (C=O) groups excluding carboxylic acids is 1. The van der Waals surface area contributed by atoms with E-state index in [9.17, 15) is 4.79 Å². The third-order valence-electron chi connectivity index (χ3n) is 4.08. The van der Waals surface area contributed by atoms with E-state index in [1.165, 1.54) is 0 Å². The molecule has 1 saturated heterocycles. The first kappa shape index (κ1) is 16.6. The molecular weight excluding hydrogens is 370 g/mol. The van der Waals surface area contributed by atoms with E-state index in [1.54, 1.807) is 7.11 Å². The van der Waals surface area contributed by atoms with Crippen molar-refractivity contribution < 1.29 is 9.53 Å². The quantitative estimate of drug-likeness (QED) is 0.867. The highest BCUT2D eigenvalue weighted by Gasteiger charge is 2.21. The minimum atomic E-state index is -0.0531. The summed E-state index contributed by atoms with van der Waals surface area (Å²) in [6.07, 6.45) is 0. The van der Waals surface area contributed by atoms with Gasteiger partial charge in [-0.15, -0.1) is 0 Å². The fraction of sp³-hybridized carbons (Fsp3) is 0.278. The molecule has 0 atom stereocenters. The van der Waals surface area contributed by atoms with Crippen LogP contribution in [-0.4, -0.2) is 44.2 Å². The lowest BCUT2D eigenvalue weighted by Gasteiger charge is -2.36. The Labute approximate surface area is 150 Å². The molecular formula is C18H20BrN3O2. The SMILES string of the molecule is COc1cccc(N2CCN(C(=O)Nc3ccc(Br)cc3)CC2)c1. The molecule has 0 unspecified atom stereocenters. The van der Waals surface area contributed by atoms with Crippen molar-refractivity contribution in [2.45, 2.75) is 0 Å². The molecule has 0 saturated carbocycles. The minimum Gasteiger partial charge on any atom is -0.497 e. The number of ether oxygens (including phenoxy) is 1. The van der Waals surface area contributed by atoms with Gasteiger partial charge in [0.15, 0.2) is 0 Å². The Morgan fingerprint density at radius 3 is 2.46 bits per heavy atom. The van der Waals surface area contributed by atoms with Gasteiger partial charge in [-0.1, -0.05) is 22.0 Å². The summed E-state index contributed by atoms with van der Waals surface area (Å²) in [6, 6.07) is 15.6. The number of nitrogens with zero attached hydrogens (tertiary/aromatic N) is 2. The van der Waals surface area contributed by atoms with Crippen LogP contribution >= 0.6 is 15.9 Å². The highest BCUT2D eigenvalue weighted by atomic mass is 79.9. The summed E-state index contributed by atoms with van der Waals surface area (Å²) in [4.78, 5) is 16.5. The van der Waals surface area contributed by atoms with E-state index in [2.05, 4.69) is 32.2 Å². The Balaban J connectivity index is 1.56. The Morgan fingerprint density at radius 1 is 1.08 bits per heavy atom. The number of methoxy groups -OCH3 is 1. The van der Waals surface area contributed by atoms with Crippen molar-refractivity contribution in [3.05, 3.63) is 53.0 Å². The van der Waals surface area contributed by atoms with Gasteiger partial charge in [0, 0.05) is 48.1 Å². The van der Waals surface area contributed by atoms with Crippen LogP contribution in [0, 0.1) is 0 Å². The number of piperazine rings is 1. The molecule has 0 aliphatic carbocycles. The molecule has 0 aromatic heterocycles. The van der Waals surface area contributed by atoms with Crippen LogP contribution in [0.5, 0.6) is 5.75 Å². The minimum absolute atomic E-state index is 0.0531. The molecule has 1 fully saturated rings. The van der Waals surface area contributed by atoms with Gasteiger partial charge in [0.05, 0.1) is 7.11 Å². The summed E-state index contributed by atoms with van der Waals surface area (Å²) < 4.78 is 6.27. The molecule has 1 N–H and O–H groups in total. The molecule has 0 spiro atoms. The first-order valence-corrected chi connectivity index (χ1v) is 8.65. The second-order valence-corrected chi connectivity index (χ2v) is 6.53. The molecule has 5 nitrogen and oxygen atoms in total. The molecule has 126 valence electrons. The van der Waals surface area contributed by atoms with Gasteiger partial charge in [0.25, 0.3) is 0 Å². The van der Waals surface area contributed by atoms with Gasteiger partial charge in [-0.25, -0.2) is 4.79 Å². The van der Waals surface area contributed by atoms with Gasteiger partial charge < -0.3 is 19.9 Å². The Kier molecular flexibility index (Phi) is 5.25. The average molecular weight is 390 g/mol. The largest absolute Gasteiger partial charge is 0.497 e. The van der Waals surface area contributed by atoms with E-state index in [0.29, 0.717) is 13.1 Å². The van der Waals surface area contributed by atoms with Crippen LogP contribution < -0.4 is 15.0 Å². The number of urea groups is 1. The number of nitrogens with one attached hydrogen (secondary N) is 1. The number of halogens is 1. The van der Waals surface area contributed by atoms with Crippen molar-refractivity contribution in [1.82, 2.24) is 4.90 Å². The molecule has 1 aliphatic heterocycles. The molecule has 2 aromatic rings. The van der Waals surface area contributed by atoms with Crippen LogP contribution in [0.1, 0.15) is 0 Å². The summed E-state index contributed by atoms with van der Waals surface area (Å²) in [5.41, 5.74) is 1.93. The number of carbonyl (C=O) groups is 1. The monoisotopic (exact) mass is 389 g/mol. The van der Waals surface area contributed by atoms with E-state index in [-0.39, 0.29) is 6.03 Å². The molecule has 24 heavy (non-hydrogen) atoms. The van der Waals surface area contributed by atoms with E-state index < -0.39 is 0 Å². The lowest BCUT2D eigenvalue weighted by Crippen LogP contribution is -2.50. The molecule has 2 amide bonds. The van der Waals surface area contributed by atoms with E-state index in [0.717, 1.165) is 34.7 Å². The molecule has 2 aromatic carbocycles. The smallest absolute Gasteiger partial charge is 0.321 e. The normalized spacial score (nSPS) is 14.4. The topological polar surface area (TPSA) is 44.8 Å². The molecule has 1 heterocycles. The third-order valence-corrected chi connectivity index (χ3v) is 4.61. The molecule has 0 radical (unpaired) electrons. The fourth-order valence-electron chi connectivity index (χ4n) is 2.71. The van der Waals surface area contributed by atoms with Crippen molar-refractivity contribution in [2.75, 3.05) is 43.5 Å². The lowest BCUT2D eigenvalue weighted by atomic mass is 10.2. The van der Waals surface area contributed by atoms with Gasteiger partial charge in [-0.2, -0.15) is 0 Å². The van der Waals surface area contributed by atoms with Gasteiger partial charge in [-0.3, -0.25) is 0 Å². The van der Waals surface area contributed by atoms with Crippen LogP contribution in [0.3, 0.4) is 0 Å². The zero-order chi connectivity index (χ0) is 16.9. The van der Waals surface area contributed by atoms with Crippen molar-refractivity contribution in [3.8, 4) is 5.75 Å². The van der Waals surface area contributed by atoms with Crippen LogP contribution in [0.15, 0.2) is 53.0 Å². The summed E-state index contributed by atoms with van der Waals surface area (Å²) in [5, 5.41) is 2.94. The summed E-state index contributed by atoms with van der Waals surface area (Å²) in [5.74, 6) is 0.850. The summed E-state index contributed by atoms with van der Waals surface area (Å²) in [6.45, 7) is 3.00. The van der Waals surface area contributed by atoms with E-state index in [1.807, 2.05) is 47.4 Å². The predicted molar refractivity (Wildman–Crippen MR) is 99.9 cm³/mol.